The number of methoxy groups -OCH3 is 1. The number of carbonyl (C=O) groups is 1. The van der Waals surface area contributed by atoms with Gasteiger partial charge >= 0.3 is 6.61 Å². The Hall–Kier alpha value is -1.85. The van der Waals surface area contributed by atoms with Crippen LogP contribution in [0.3, 0.4) is 0 Å². The topological polar surface area (TPSA) is 38.8 Å². The summed E-state index contributed by atoms with van der Waals surface area (Å²) in [5, 5.41) is 0. The second-order valence-electron chi connectivity index (χ2n) is 3.89. The normalized spacial score (nSPS) is 14.3. The van der Waals surface area contributed by atoms with Crippen LogP contribution in [0.5, 0.6) is 11.5 Å². The average molecular weight is 257 g/mol. The Labute approximate surface area is 103 Å². The lowest BCUT2D eigenvalue weighted by Gasteiger charge is -2.31. The molecule has 0 atom stereocenters. The van der Waals surface area contributed by atoms with E-state index in [1.165, 1.54) is 25.3 Å². The van der Waals surface area contributed by atoms with Crippen molar-refractivity contribution in [1.82, 2.24) is 4.90 Å². The summed E-state index contributed by atoms with van der Waals surface area (Å²) in [6, 6.07) is 4.19. The van der Waals surface area contributed by atoms with Crippen LogP contribution in [-0.4, -0.2) is 37.6 Å². The molecule has 1 fully saturated rings. The molecule has 1 amide bonds. The summed E-state index contributed by atoms with van der Waals surface area (Å²) in [5.41, 5.74) is 0.410. The molecule has 0 radical (unpaired) electrons. The van der Waals surface area contributed by atoms with Crippen molar-refractivity contribution in [3.05, 3.63) is 23.8 Å². The zero-order valence-electron chi connectivity index (χ0n) is 9.86. The Morgan fingerprint density at radius 1 is 1.33 bits per heavy atom. The summed E-state index contributed by atoms with van der Waals surface area (Å²) in [6.45, 7) is -1.46. The maximum Gasteiger partial charge on any atom is 0.387 e. The molecule has 1 aliphatic heterocycles. The Morgan fingerprint density at radius 3 is 2.56 bits per heavy atom. The Kier molecular flexibility index (Phi) is 3.64. The number of halogens is 2. The fourth-order valence-electron chi connectivity index (χ4n) is 1.70. The van der Waals surface area contributed by atoms with Gasteiger partial charge in [0.2, 0.25) is 0 Å². The molecule has 1 saturated heterocycles. The van der Waals surface area contributed by atoms with Gasteiger partial charge in [0, 0.05) is 18.7 Å². The molecule has 0 unspecified atom stereocenters. The molecule has 0 aromatic heterocycles. The lowest BCUT2D eigenvalue weighted by Crippen LogP contribution is -2.42. The number of likely N-dealkylation sites (tertiary alicyclic amines) is 1. The van der Waals surface area contributed by atoms with E-state index in [-0.39, 0.29) is 17.4 Å². The predicted molar refractivity (Wildman–Crippen MR) is 60.1 cm³/mol. The number of hydrogen-bond donors (Lipinski definition) is 0. The maximum atomic E-state index is 12.1. The van der Waals surface area contributed by atoms with Gasteiger partial charge < -0.3 is 14.4 Å². The maximum absolute atomic E-state index is 12.1. The minimum atomic E-state index is -2.92. The Morgan fingerprint density at radius 2 is 2.06 bits per heavy atom. The van der Waals surface area contributed by atoms with E-state index in [4.69, 9.17) is 4.74 Å². The highest BCUT2D eigenvalue weighted by molar-refractivity contribution is 5.95. The van der Waals surface area contributed by atoms with Crippen molar-refractivity contribution in [2.75, 3.05) is 20.2 Å². The zero-order valence-corrected chi connectivity index (χ0v) is 9.86. The number of nitrogens with zero attached hydrogens (tertiary/aromatic N) is 1. The molecule has 98 valence electrons. The first kappa shape index (κ1) is 12.6. The standard InChI is InChI=1S/C12H13F2NO3/c1-17-10-7-8(11(16)15-5-2-6-15)3-4-9(10)18-12(13)14/h3-4,7,12H,2,5-6H2,1H3. The molecule has 4 nitrogen and oxygen atoms in total. The number of carbonyl (C=O) groups excluding carboxylic acids is 1. The number of amides is 1. The molecule has 6 heteroatoms. The highest BCUT2D eigenvalue weighted by Gasteiger charge is 2.23. The number of alkyl halides is 2. The van der Waals surface area contributed by atoms with Crippen molar-refractivity contribution in [2.45, 2.75) is 13.0 Å². The molecule has 18 heavy (non-hydrogen) atoms. The number of benzene rings is 1. The van der Waals surface area contributed by atoms with Gasteiger partial charge in [-0.3, -0.25) is 4.79 Å². The van der Waals surface area contributed by atoms with Crippen LogP contribution in [0.4, 0.5) is 8.78 Å². The summed E-state index contributed by atoms with van der Waals surface area (Å²) >= 11 is 0. The van der Waals surface area contributed by atoms with Gasteiger partial charge in [-0.25, -0.2) is 0 Å². The lowest BCUT2D eigenvalue weighted by molar-refractivity contribution is -0.0512. The molecule has 1 aliphatic rings. The van der Waals surface area contributed by atoms with Crippen molar-refractivity contribution in [2.24, 2.45) is 0 Å². The van der Waals surface area contributed by atoms with Crippen molar-refractivity contribution < 1.29 is 23.0 Å². The van der Waals surface area contributed by atoms with E-state index >= 15 is 0 Å². The molecule has 0 N–H and O–H groups in total. The van der Waals surface area contributed by atoms with E-state index < -0.39 is 6.61 Å². The third-order valence-corrected chi connectivity index (χ3v) is 2.77. The molecule has 1 aromatic carbocycles. The van der Waals surface area contributed by atoms with Crippen molar-refractivity contribution in [3.8, 4) is 11.5 Å². The smallest absolute Gasteiger partial charge is 0.387 e. The van der Waals surface area contributed by atoms with Crippen LogP contribution in [0, 0.1) is 0 Å². The van der Waals surface area contributed by atoms with Crippen LogP contribution in [0.15, 0.2) is 18.2 Å². The first-order chi connectivity index (χ1) is 8.61. The molecule has 0 bridgehead atoms. The van der Waals surface area contributed by atoms with E-state index in [9.17, 15) is 13.6 Å². The van der Waals surface area contributed by atoms with Gasteiger partial charge in [0.25, 0.3) is 5.91 Å². The summed E-state index contributed by atoms with van der Waals surface area (Å²) in [6.07, 6.45) is 0.995. The highest BCUT2D eigenvalue weighted by atomic mass is 19.3. The number of rotatable bonds is 4. The molecular weight excluding hydrogens is 244 g/mol. The van der Waals surface area contributed by atoms with Crippen LogP contribution >= 0.6 is 0 Å². The number of hydrogen-bond acceptors (Lipinski definition) is 3. The Balaban J connectivity index is 2.20. The highest BCUT2D eigenvalue weighted by Crippen LogP contribution is 2.30. The second-order valence-corrected chi connectivity index (χ2v) is 3.89. The van der Waals surface area contributed by atoms with Gasteiger partial charge in [-0.1, -0.05) is 0 Å². The minimum absolute atomic E-state index is 0.0762. The number of ether oxygens (including phenoxy) is 2. The fraction of sp³-hybridized carbons (Fsp3) is 0.417. The third kappa shape index (κ3) is 2.52. The summed E-state index contributed by atoms with van der Waals surface area (Å²) < 4.78 is 33.5. The summed E-state index contributed by atoms with van der Waals surface area (Å²) in [4.78, 5) is 13.6. The van der Waals surface area contributed by atoms with E-state index in [2.05, 4.69) is 4.74 Å². The Bertz CT molecular complexity index is 447. The van der Waals surface area contributed by atoms with Gasteiger partial charge in [0.15, 0.2) is 11.5 Å². The summed E-state index contributed by atoms with van der Waals surface area (Å²) in [7, 11) is 1.34. The van der Waals surface area contributed by atoms with Crippen molar-refractivity contribution >= 4 is 5.91 Å². The molecule has 0 spiro atoms. The molecule has 1 heterocycles. The van der Waals surface area contributed by atoms with Gasteiger partial charge in [-0.2, -0.15) is 8.78 Å². The largest absolute Gasteiger partial charge is 0.493 e. The molecule has 2 rings (SSSR count). The predicted octanol–water partition coefficient (Wildman–Crippen LogP) is 2.14. The van der Waals surface area contributed by atoms with Gasteiger partial charge in [-0.05, 0) is 24.6 Å². The van der Waals surface area contributed by atoms with Crippen LogP contribution in [0.25, 0.3) is 0 Å². The monoisotopic (exact) mass is 257 g/mol. The van der Waals surface area contributed by atoms with E-state index in [1.807, 2.05) is 0 Å². The van der Waals surface area contributed by atoms with Gasteiger partial charge in [0.1, 0.15) is 0 Å². The molecule has 0 saturated carbocycles. The first-order valence-electron chi connectivity index (χ1n) is 5.54. The third-order valence-electron chi connectivity index (χ3n) is 2.77. The van der Waals surface area contributed by atoms with Gasteiger partial charge in [-0.15, -0.1) is 0 Å². The average Bonchev–Trinajstić information content (AvgIpc) is 2.26. The first-order valence-corrected chi connectivity index (χ1v) is 5.54. The quantitative estimate of drug-likeness (QED) is 0.829. The van der Waals surface area contributed by atoms with Crippen LogP contribution in [0.2, 0.25) is 0 Å². The van der Waals surface area contributed by atoms with Crippen LogP contribution in [0.1, 0.15) is 16.8 Å². The zero-order chi connectivity index (χ0) is 13.1. The van der Waals surface area contributed by atoms with Gasteiger partial charge in [0.05, 0.1) is 7.11 Å². The van der Waals surface area contributed by atoms with E-state index in [0.717, 1.165) is 19.5 Å². The second kappa shape index (κ2) is 5.20. The summed E-state index contributed by atoms with van der Waals surface area (Å²) in [5.74, 6) is -0.0718. The van der Waals surface area contributed by atoms with E-state index in [1.54, 1.807) is 4.90 Å². The fourth-order valence-corrected chi connectivity index (χ4v) is 1.70. The molecule has 1 aromatic rings. The minimum Gasteiger partial charge on any atom is -0.493 e. The lowest BCUT2D eigenvalue weighted by atomic mass is 10.1. The van der Waals surface area contributed by atoms with Crippen molar-refractivity contribution in [1.29, 1.82) is 0 Å². The van der Waals surface area contributed by atoms with Crippen LogP contribution < -0.4 is 9.47 Å². The molecular formula is C12H13F2NO3. The van der Waals surface area contributed by atoms with E-state index in [0.29, 0.717) is 5.56 Å². The van der Waals surface area contributed by atoms with Crippen molar-refractivity contribution in [3.63, 3.8) is 0 Å². The van der Waals surface area contributed by atoms with Crippen LogP contribution in [-0.2, 0) is 0 Å². The molecule has 0 aliphatic carbocycles. The SMILES string of the molecule is COc1cc(C(=O)N2CCC2)ccc1OC(F)F.